The van der Waals surface area contributed by atoms with Gasteiger partial charge in [-0.2, -0.15) is 0 Å². The lowest BCUT2D eigenvalue weighted by Crippen LogP contribution is -2.39. The van der Waals surface area contributed by atoms with E-state index in [0.717, 1.165) is 41.6 Å². The Kier molecular flexibility index (Phi) is 6.19. The van der Waals surface area contributed by atoms with Crippen molar-refractivity contribution >= 4 is 35.0 Å². The number of esters is 1. The fourth-order valence-electron chi connectivity index (χ4n) is 4.75. The number of rotatable bonds is 6. The van der Waals surface area contributed by atoms with E-state index in [2.05, 4.69) is 34.3 Å². The molecule has 0 amide bonds. The van der Waals surface area contributed by atoms with Crippen LogP contribution in [0.5, 0.6) is 0 Å². The standard InChI is InChI=1S/C23H26ClNO2S/c1-27-22(26)9-3-15-2-4-16-13-17-5-6-18(14-19(16)12-15)23(17)25-11-10-20-7-8-21(24)28-20/h2-4,7-9,12,17-18,23,25H,5-6,10-11,13-14H2,1H3/b9-3-. The van der Waals surface area contributed by atoms with Crippen LogP contribution < -0.4 is 5.32 Å². The number of methoxy groups -OCH3 is 1. The van der Waals surface area contributed by atoms with Gasteiger partial charge in [0, 0.05) is 23.5 Å². The third-order valence-electron chi connectivity index (χ3n) is 6.11. The Morgan fingerprint density at radius 3 is 2.71 bits per heavy atom. The van der Waals surface area contributed by atoms with Crippen LogP contribution >= 0.6 is 22.9 Å². The maximum atomic E-state index is 11.4. The minimum atomic E-state index is -0.315. The van der Waals surface area contributed by atoms with E-state index in [0.29, 0.717) is 12.0 Å². The first-order valence-electron chi connectivity index (χ1n) is 9.98. The number of carbonyl (C=O) groups excluding carboxylic acids is 1. The van der Waals surface area contributed by atoms with Gasteiger partial charge in [0.05, 0.1) is 11.4 Å². The molecule has 3 nitrogen and oxygen atoms in total. The van der Waals surface area contributed by atoms with Crippen molar-refractivity contribution in [2.24, 2.45) is 11.8 Å². The van der Waals surface area contributed by atoms with Gasteiger partial charge in [-0.15, -0.1) is 11.3 Å². The monoisotopic (exact) mass is 415 g/mol. The number of thiophene rings is 1. The molecule has 2 aliphatic rings. The van der Waals surface area contributed by atoms with Gasteiger partial charge in [-0.3, -0.25) is 0 Å². The third-order valence-corrected chi connectivity index (χ3v) is 7.40. The largest absolute Gasteiger partial charge is 0.466 e. The summed E-state index contributed by atoms with van der Waals surface area (Å²) >= 11 is 7.73. The van der Waals surface area contributed by atoms with Crippen LogP contribution in [-0.4, -0.2) is 25.7 Å². The summed E-state index contributed by atoms with van der Waals surface area (Å²) in [5.41, 5.74) is 3.98. The molecule has 0 spiro atoms. The van der Waals surface area contributed by atoms with Crippen LogP contribution in [0.3, 0.4) is 0 Å². The zero-order chi connectivity index (χ0) is 19.5. The summed E-state index contributed by atoms with van der Waals surface area (Å²) in [4.78, 5) is 12.7. The Balaban J connectivity index is 1.42. The number of carbonyl (C=O) groups is 1. The normalized spacial score (nSPS) is 23.6. The van der Waals surface area contributed by atoms with Crippen molar-refractivity contribution in [2.75, 3.05) is 13.7 Å². The van der Waals surface area contributed by atoms with Crippen LogP contribution in [0.1, 0.15) is 34.4 Å². The summed E-state index contributed by atoms with van der Waals surface area (Å²) < 4.78 is 5.56. The molecule has 1 aromatic heterocycles. The average molecular weight is 416 g/mol. The van der Waals surface area contributed by atoms with Gasteiger partial charge in [0.25, 0.3) is 0 Å². The van der Waals surface area contributed by atoms with Crippen molar-refractivity contribution in [3.8, 4) is 0 Å². The molecule has 148 valence electrons. The van der Waals surface area contributed by atoms with Crippen molar-refractivity contribution in [1.29, 1.82) is 0 Å². The Morgan fingerprint density at radius 1 is 1.21 bits per heavy atom. The highest BCUT2D eigenvalue weighted by atomic mass is 35.5. The van der Waals surface area contributed by atoms with Crippen molar-refractivity contribution in [1.82, 2.24) is 5.32 Å². The van der Waals surface area contributed by atoms with E-state index in [1.807, 2.05) is 12.1 Å². The fraction of sp³-hybridized carbons (Fsp3) is 0.435. The van der Waals surface area contributed by atoms with Crippen LogP contribution in [0.2, 0.25) is 4.34 Å². The first-order valence-corrected chi connectivity index (χ1v) is 11.2. The number of hydrogen-bond donors (Lipinski definition) is 1. The molecule has 5 heteroatoms. The fourth-order valence-corrected chi connectivity index (χ4v) is 5.83. The molecule has 28 heavy (non-hydrogen) atoms. The molecule has 2 aliphatic carbocycles. The van der Waals surface area contributed by atoms with E-state index in [-0.39, 0.29) is 5.97 Å². The van der Waals surface area contributed by atoms with E-state index in [1.54, 1.807) is 11.3 Å². The summed E-state index contributed by atoms with van der Waals surface area (Å²) in [7, 11) is 1.40. The van der Waals surface area contributed by atoms with Crippen molar-refractivity contribution in [2.45, 2.75) is 38.1 Å². The second kappa shape index (κ2) is 8.81. The highest BCUT2D eigenvalue weighted by Gasteiger charge is 2.38. The number of halogens is 1. The molecule has 4 rings (SSSR count). The molecule has 1 aromatic carbocycles. The highest BCUT2D eigenvalue weighted by molar-refractivity contribution is 7.16. The quantitative estimate of drug-likeness (QED) is 0.538. The molecular weight excluding hydrogens is 390 g/mol. The first kappa shape index (κ1) is 19.7. The summed E-state index contributed by atoms with van der Waals surface area (Å²) in [5, 5.41) is 3.87. The number of benzene rings is 1. The second-order valence-corrected chi connectivity index (χ2v) is 9.63. The average Bonchev–Trinajstić information content (AvgIpc) is 3.22. The zero-order valence-corrected chi connectivity index (χ0v) is 17.7. The molecule has 3 unspecified atom stereocenters. The van der Waals surface area contributed by atoms with Gasteiger partial charge in [-0.05, 0) is 78.8 Å². The molecule has 2 bridgehead atoms. The molecule has 1 saturated carbocycles. The highest BCUT2D eigenvalue weighted by Crippen LogP contribution is 2.40. The Hall–Kier alpha value is -1.62. The van der Waals surface area contributed by atoms with E-state index in [9.17, 15) is 4.79 Å². The van der Waals surface area contributed by atoms with Crippen LogP contribution in [0.4, 0.5) is 0 Å². The molecule has 0 radical (unpaired) electrons. The molecule has 0 aliphatic heterocycles. The summed E-state index contributed by atoms with van der Waals surface area (Å²) in [6, 6.07) is 11.3. The van der Waals surface area contributed by atoms with Crippen molar-refractivity contribution in [3.05, 3.63) is 62.3 Å². The van der Waals surface area contributed by atoms with Crippen LogP contribution in [0.15, 0.2) is 36.4 Å². The van der Waals surface area contributed by atoms with E-state index < -0.39 is 0 Å². The molecule has 3 atom stereocenters. The van der Waals surface area contributed by atoms with Gasteiger partial charge >= 0.3 is 5.97 Å². The summed E-state index contributed by atoms with van der Waals surface area (Å²) in [6.07, 6.45) is 9.26. The van der Waals surface area contributed by atoms with Gasteiger partial charge in [-0.25, -0.2) is 4.79 Å². The smallest absolute Gasteiger partial charge is 0.330 e. The maximum absolute atomic E-state index is 11.4. The van der Waals surface area contributed by atoms with Gasteiger partial charge in [0.15, 0.2) is 0 Å². The molecule has 0 saturated heterocycles. The topological polar surface area (TPSA) is 38.3 Å². The van der Waals surface area contributed by atoms with Gasteiger partial charge < -0.3 is 10.1 Å². The van der Waals surface area contributed by atoms with Crippen LogP contribution in [-0.2, 0) is 28.8 Å². The minimum absolute atomic E-state index is 0.315. The van der Waals surface area contributed by atoms with Gasteiger partial charge in [0.1, 0.15) is 0 Å². The molecule has 2 aromatic rings. The number of nitrogens with one attached hydrogen (secondary N) is 1. The van der Waals surface area contributed by atoms with Crippen molar-refractivity contribution in [3.63, 3.8) is 0 Å². The number of fused-ring (bicyclic) bond motifs is 3. The first-order chi connectivity index (χ1) is 13.6. The lowest BCUT2D eigenvalue weighted by molar-refractivity contribution is -0.134. The second-order valence-electron chi connectivity index (χ2n) is 7.83. The molecule has 1 N–H and O–H groups in total. The van der Waals surface area contributed by atoms with E-state index >= 15 is 0 Å². The van der Waals surface area contributed by atoms with Crippen molar-refractivity contribution < 1.29 is 9.53 Å². The van der Waals surface area contributed by atoms with Gasteiger partial charge in [0.2, 0.25) is 0 Å². The van der Waals surface area contributed by atoms with Gasteiger partial charge in [-0.1, -0.05) is 29.8 Å². The summed E-state index contributed by atoms with van der Waals surface area (Å²) in [5.74, 6) is 1.10. The molecule has 1 fully saturated rings. The Bertz CT molecular complexity index is 875. The lowest BCUT2D eigenvalue weighted by atomic mass is 9.92. The van der Waals surface area contributed by atoms with E-state index in [1.165, 1.54) is 42.0 Å². The third kappa shape index (κ3) is 4.51. The van der Waals surface area contributed by atoms with Crippen LogP contribution in [0.25, 0.3) is 6.08 Å². The maximum Gasteiger partial charge on any atom is 0.330 e. The zero-order valence-electron chi connectivity index (χ0n) is 16.1. The lowest BCUT2D eigenvalue weighted by Gasteiger charge is -2.23. The Labute approximate surface area is 175 Å². The predicted molar refractivity (Wildman–Crippen MR) is 116 cm³/mol. The minimum Gasteiger partial charge on any atom is -0.466 e. The van der Waals surface area contributed by atoms with E-state index in [4.69, 9.17) is 11.6 Å². The molecular formula is C23H26ClNO2S. The molecule has 1 heterocycles. The SMILES string of the molecule is COC(=O)/C=C\c1ccc2c(c1)CC1CCC(C2)C1NCCc1ccc(Cl)s1. The predicted octanol–water partition coefficient (Wildman–Crippen LogP) is 4.91. The summed E-state index contributed by atoms with van der Waals surface area (Å²) in [6.45, 7) is 1.01. The number of ether oxygens (including phenoxy) is 1. The Morgan fingerprint density at radius 2 is 2.00 bits per heavy atom. The van der Waals surface area contributed by atoms with Crippen LogP contribution in [0, 0.1) is 11.8 Å². The number of hydrogen-bond acceptors (Lipinski definition) is 4.